The largest absolute Gasteiger partial charge is 0.341 e. The third-order valence-corrected chi connectivity index (χ3v) is 3.37. The van der Waals surface area contributed by atoms with Gasteiger partial charge in [0.1, 0.15) is 0 Å². The Morgan fingerprint density at radius 3 is 3.29 bits per heavy atom. The fraction of sp³-hybridized carbons (Fsp3) is 0.500. The third-order valence-electron chi connectivity index (χ3n) is 3.37. The number of likely N-dealkylation sites (N-methyl/N-ethyl adjacent to an activating group) is 1. The lowest BCUT2D eigenvalue weighted by Crippen LogP contribution is -2.44. The molecule has 1 unspecified atom stereocenters. The van der Waals surface area contributed by atoms with Crippen LogP contribution < -0.4 is 10.2 Å². The summed E-state index contributed by atoms with van der Waals surface area (Å²) in [5, 5.41) is 3.34. The number of anilines is 1. The molecule has 2 N–H and O–H groups in total. The predicted molar refractivity (Wildman–Crippen MR) is 68.2 cm³/mol. The van der Waals surface area contributed by atoms with Crippen LogP contribution in [0.15, 0.2) is 18.3 Å². The van der Waals surface area contributed by atoms with E-state index in [1.165, 1.54) is 12.8 Å². The number of imidazole rings is 1. The molecule has 0 spiro atoms. The highest BCUT2D eigenvalue weighted by molar-refractivity contribution is 5.73. The summed E-state index contributed by atoms with van der Waals surface area (Å²) in [6, 6.07) is 4.50. The molecule has 2 aromatic rings. The first kappa shape index (κ1) is 10.5. The molecular formula is C12H17N5. The molecule has 5 heteroatoms. The standard InChI is InChI=1S/C12H17N5/c1-13-9-4-3-7-17(8-9)12-15-10-5-2-6-14-11(10)16-12/h2,5-6,9,13H,3-4,7-8H2,1H3,(H,14,15,16). The number of pyridine rings is 1. The van der Waals surface area contributed by atoms with Crippen LogP contribution in [0.4, 0.5) is 5.95 Å². The number of rotatable bonds is 2. The molecule has 0 bridgehead atoms. The highest BCUT2D eigenvalue weighted by atomic mass is 15.3. The van der Waals surface area contributed by atoms with Crippen LogP contribution in [-0.4, -0.2) is 41.1 Å². The summed E-state index contributed by atoms with van der Waals surface area (Å²) in [5.74, 6) is 0.943. The maximum atomic E-state index is 4.54. The average Bonchev–Trinajstić information content (AvgIpc) is 2.82. The van der Waals surface area contributed by atoms with Crippen LogP contribution in [0.1, 0.15) is 12.8 Å². The van der Waals surface area contributed by atoms with Gasteiger partial charge in [0, 0.05) is 25.3 Å². The monoisotopic (exact) mass is 231 g/mol. The Morgan fingerprint density at radius 1 is 1.53 bits per heavy atom. The van der Waals surface area contributed by atoms with Crippen molar-refractivity contribution in [3.63, 3.8) is 0 Å². The van der Waals surface area contributed by atoms with Gasteiger partial charge in [-0.3, -0.25) is 0 Å². The Kier molecular flexibility index (Phi) is 2.68. The number of nitrogens with zero attached hydrogens (tertiary/aromatic N) is 3. The van der Waals surface area contributed by atoms with Crippen LogP contribution in [0, 0.1) is 0 Å². The predicted octanol–water partition coefficient (Wildman–Crippen LogP) is 1.15. The minimum absolute atomic E-state index is 0.560. The maximum absolute atomic E-state index is 4.54. The first-order chi connectivity index (χ1) is 8.36. The summed E-state index contributed by atoms with van der Waals surface area (Å²) in [6.45, 7) is 2.08. The molecule has 5 nitrogen and oxygen atoms in total. The molecule has 1 fully saturated rings. The minimum Gasteiger partial charge on any atom is -0.341 e. The van der Waals surface area contributed by atoms with Gasteiger partial charge in [0.05, 0.1) is 5.52 Å². The molecule has 3 rings (SSSR count). The maximum Gasteiger partial charge on any atom is 0.205 e. The van der Waals surface area contributed by atoms with E-state index in [0.29, 0.717) is 6.04 Å². The number of hydrogen-bond acceptors (Lipinski definition) is 4. The number of aromatic amines is 1. The molecule has 90 valence electrons. The molecular weight excluding hydrogens is 214 g/mol. The number of H-pyrrole nitrogens is 1. The quantitative estimate of drug-likeness (QED) is 0.814. The summed E-state index contributed by atoms with van der Waals surface area (Å²) in [7, 11) is 2.02. The number of piperidine rings is 1. The highest BCUT2D eigenvalue weighted by Gasteiger charge is 2.20. The second kappa shape index (κ2) is 4.33. The zero-order valence-corrected chi connectivity index (χ0v) is 9.98. The molecule has 1 saturated heterocycles. The number of aromatic nitrogens is 3. The van der Waals surface area contributed by atoms with Crippen LogP contribution in [0.2, 0.25) is 0 Å². The molecule has 0 amide bonds. The van der Waals surface area contributed by atoms with Crippen molar-refractivity contribution in [3.8, 4) is 0 Å². The van der Waals surface area contributed by atoms with Crippen LogP contribution in [-0.2, 0) is 0 Å². The molecule has 1 aliphatic heterocycles. The van der Waals surface area contributed by atoms with E-state index < -0.39 is 0 Å². The van der Waals surface area contributed by atoms with Gasteiger partial charge < -0.3 is 15.2 Å². The molecule has 0 aromatic carbocycles. The SMILES string of the molecule is CNC1CCCN(c2nc3ncccc3[nH]2)C1. The van der Waals surface area contributed by atoms with Crippen molar-refractivity contribution in [2.75, 3.05) is 25.0 Å². The highest BCUT2D eigenvalue weighted by Crippen LogP contribution is 2.19. The van der Waals surface area contributed by atoms with Crippen molar-refractivity contribution < 1.29 is 0 Å². The van der Waals surface area contributed by atoms with Crippen molar-refractivity contribution in [2.24, 2.45) is 0 Å². The van der Waals surface area contributed by atoms with Gasteiger partial charge in [0.25, 0.3) is 0 Å². The second-order valence-corrected chi connectivity index (χ2v) is 4.51. The Hall–Kier alpha value is -1.62. The molecule has 0 aliphatic carbocycles. The Morgan fingerprint density at radius 2 is 2.47 bits per heavy atom. The zero-order chi connectivity index (χ0) is 11.7. The van der Waals surface area contributed by atoms with E-state index in [4.69, 9.17) is 0 Å². The van der Waals surface area contributed by atoms with Gasteiger partial charge in [-0.15, -0.1) is 0 Å². The number of nitrogens with one attached hydrogen (secondary N) is 2. The summed E-state index contributed by atoms with van der Waals surface area (Å²) < 4.78 is 0. The van der Waals surface area contributed by atoms with E-state index in [9.17, 15) is 0 Å². The van der Waals surface area contributed by atoms with E-state index in [2.05, 4.69) is 25.2 Å². The van der Waals surface area contributed by atoms with Crippen LogP contribution >= 0.6 is 0 Å². The third kappa shape index (κ3) is 1.98. The van der Waals surface area contributed by atoms with Gasteiger partial charge in [-0.1, -0.05) is 0 Å². The van der Waals surface area contributed by atoms with Crippen LogP contribution in [0.3, 0.4) is 0 Å². The summed E-state index contributed by atoms with van der Waals surface area (Å²) in [4.78, 5) is 14.4. The molecule has 2 aromatic heterocycles. The van der Waals surface area contributed by atoms with Crippen molar-refractivity contribution in [1.29, 1.82) is 0 Å². The molecule has 0 saturated carbocycles. The summed E-state index contributed by atoms with van der Waals surface area (Å²) in [6.07, 6.45) is 4.22. The Labute approximate surface area is 100 Å². The molecule has 1 aliphatic rings. The van der Waals surface area contributed by atoms with E-state index in [1.54, 1.807) is 6.20 Å². The van der Waals surface area contributed by atoms with Gasteiger partial charge in [-0.2, -0.15) is 4.98 Å². The molecule has 0 radical (unpaired) electrons. The summed E-state index contributed by atoms with van der Waals surface area (Å²) >= 11 is 0. The summed E-state index contributed by atoms with van der Waals surface area (Å²) in [5.41, 5.74) is 1.81. The second-order valence-electron chi connectivity index (χ2n) is 4.51. The lowest BCUT2D eigenvalue weighted by molar-refractivity contribution is 0.446. The van der Waals surface area contributed by atoms with E-state index in [1.807, 2.05) is 19.2 Å². The molecule has 1 atom stereocenters. The van der Waals surface area contributed by atoms with Gasteiger partial charge in [0.15, 0.2) is 5.65 Å². The fourth-order valence-corrected chi connectivity index (χ4v) is 2.39. The van der Waals surface area contributed by atoms with Gasteiger partial charge in [-0.05, 0) is 32.0 Å². The Balaban J connectivity index is 1.87. The fourth-order valence-electron chi connectivity index (χ4n) is 2.39. The number of hydrogen-bond donors (Lipinski definition) is 2. The van der Waals surface area contributed by atoms with Crippen molar-refractivity contribution in [1.82, 2.24) is 20.3 Å². The van der Waals surface area contributed by atoms with Crippen molar-refractivity contribution >= 4 is 17.1 Å². The van der Waals surface area contributed by atoms with Gasteiger partial charge in [-0.25, -0.2) is 4.98 Å². The van der Waals surface area contributed by atoms with E-state index in [0.717, 1.165) is 30.2 Å². The lowest BCUT2D eigenvalue weighted by Gasteiger charge is -2.32. The average molecular weight is 231 g/mol. The van der Waals surface area contributed by atoms with E-state index in [-0.39, 0.29) is 0 Å². The minimum atomic E-state index is 0.560. The van der Waals surface area contributed by atoms with Crippen molar-refractivity contribution in [3.05, 3.63) is 18.3 Å². The van der Waals surface area contributed by atoms with Crippen LogP contribution in [0.5, 0.6) is 0 Å². The lowest BCUT2D eigenvalue weighted by atomic mass is 10.1. The first-order valence-electron chi connectivity index (χ1n) is 6.10. The van der Waals surface area contributed by atoms with Gasteiger partial charge in [0.2, 0.25) is 5.95 Å². The van der Waals surface area contributed by atoms with Gasteiger partial charge >= 0.3 is 0 Å². The topological polar surface area (TPSA) is 56.8 Å². The normalized spacial score (nSPS) is 21.0. The number of fused-ring (bicyclic) bond motifs is 1. The molecule has 3 heterocycles. The smallest absolute Gasteiger partial charge is 0.205 e. The van der Waals surface area contributed by atoms with Crippen LogP contribution in [0.25, 0.3) is 11.2 Å². The van der Waals surface area contributed by atoms with Crippen molar-refractivity contribution in [2.45, 2.75) is 18.9 Å². The van der Waals surface area contributed by atoms with E-state index >= 15 is 0 Å². The first-order valence-corrected chi connectivity index (χ1v) is 6.10. The zero-order valence-electron chi connectivity index (χ0n) is 9.98. The molecule has 17 heavy (non-hydrogen) atoms. The Bertz CT molecular complexity index is 473.